The summed E-state index contributed by atoms with van der Waals surface area (Å²) < 4.78 is 18.9. The van der Waals surface area contributed by atoms with E-state index in [2.05, 4.69) is 15.6 Å². The summed E-state index contributed by atoms with van der Waals surface area (Å²) in [6, 6.07) is 13.0. The minimum absolute atomic E-state index is 0.114. The number of aromatic nitrogens is 1. The number of ether oxygens (including phenoxy) is 1. The standard InChI is InChI=1S/C18H16FN3O2S/c1-2-24-13-9-7-12(8-10-13)16-11-25-18(21-16)22-17(23)20-15-6-4-3-5-14(15)19/h3-11H,2H2,1H3,(H2,20,21,22,23). The maximum atomic E-state index is 13.5. The third kappa shape index (κ3) is 4.33. The second kappa shape index (κ2) is 7.76. The number of thiazole rings is 1. The molecule has 5 nitrogen and oxygen atoms in total. The molecule has 0 aliphatic rings. The largest absolute Gasteiger partial charge is 0.494 e. The molecule has 0 atom stereocenters. The SMILES string of the molecule is CCOc1ccc(-c2csc(NC(=O)Nc3ccccc3F)n2)cc1. The van der Waals surface area contributed by atoms with Crippen molar-refractivity contribution >= 4 is 28.2 Å². The van der Waals surface area contributed by atoms with Gasteiger partial charge in [-0.25, -0.2) is 14.2 Å². The summed E-state index contributed by atoms with van der Waals surface area (Å²) in [5.74, 6) is 0.302. The van der Waals surface area contributed by atoms with Crippen molar-refractivity contribution in [1.29, 1.82) is 0 Å². The highest BCUT2D eigenvalue weighted by molar-refractivity contribution is 7.14. The zero-order chi connectivity index (χ0) is 17.6. The molecule has 3 rings (SSSR count). The third-order valence-electron chi connectivity index (χ3n) is 3.31. The maximum Gasteiger partial charge on any atom is 0.325 e. The first kappa shape index (κ1) is 16.9. The van der Waals surface area contributed by atoms with E-state index < -0.39 is 11.8 Å². The van der Waals surface area contributed by atoms with Crippen LogP contribution in [0.5, 0.6) is 5.75 Å². The summed E-state index contributed by atoms with van der Waals surface area (Å²) in [4.78, 5) is 16.3. The number of carbonyl (C=O) groups excluding carboxylic acids is 1. The summed E-state index contributed by atoms with van der Waals surface area (Å²) in [5.41, 5.74) is 1.78. The van der Waals surface area contributed by atoms with Crippen LogP contribution in [-0.2, 0) is 0 Å². The van der Waals surface area contributed by atoms with E-state index in [4.69, 9.17) is 4.74 Å². The molecule has 1 heterocycles. The first-order valence-electron chi connectivity index (χ1n) is 7.67. The Morgan fingerprint density at radius 3 is 2.64 bits per heavy atom. The van der Waals surface area contributed by atoms with Gasteiger partial charge in [-0.3, -0.25) is 5.32 Å². The molecule has 0 fully saturated rings. The van der Waals surface area contributed by atoms with Crippen LogP contribution in [0.15, 0.2) is 53.9 Å². The number of rotatable bonds is 5. The van der Waals surface area contributed by atoms with Crippen LogP contribution in [0.25, 0.3) is 11.3 Å². The number of para-hydroxylation sites is 1. The lowest BCUT2D eigenvalue weighted by Gasteiger charge is -2.06. The number of urea groups is 1. The monoisotopic (exact) mass is 357 g/mol. The number of hydrogen-bond acceptors (Lipinski definition) is 4. The van der Waals surface area contributed by atoms with Gasteiger partial charge in [0.2, 0.25) is 0 Å². The number of nitrogens with one attached hydrogen (secondary N) is 2. The van der Waals surface area contributed by atoms with Gasteiger partial charge in [0, 0.05) is 10.9 Å². The summed E-state index contributed by atoms with van der Waals surface area (Å²) >= 11 is 1.29. The van der Waals surface area contributed by atoms with Crippen molar-refractivity contribution in [3.63, 3.8) is 0 Å². The molecule has 1 aromatic heterocycles. The Balaban J connectivity index is 1.65. The molecular weight excluding hydrogens is 341 g/mol. The zero-order valence-electron chi connectivity index (χ0n) is 13.5. The normalized spacial score (nSPS) is 10.3. The summed E-state index contributed by atoms with van der Waals surface area (Å²) in [5, 5.41) is 7.33. The lowest BCUT2D eigenvalue weighted by Crippen LogP contribution is -2.19. The van der Waals surface area contributed by atoms with Crippen LogP contribution in [0, 0.1) is 5.82 Å². The van der Waals surface area contributed by atoms with Crippen molar-refractivity contribution in [2.24, 2.45) is 0 Å². The van der Waals surface area contributed by atoms with E-state index in [1.807, 2.05) is 36.6 Å². The minimum atomic E-state index is -0.544. The first-order chi connectivity index (χ1) is 12.2. The van der Waals surface area contributed by atoms with Crippen molar-refractivity contribution in [1.82, 2.24) is 4.98 Å². The van der Waals surface area contributed by atoms with Gasteiger partial charge in [0.05, 0.1) is 18.0 Å². The van der Waals surface area contributed by atoms with Gasteiger partial charge < -0.3 is 10.1 Å². The van der Waals surface area contributed by atoms with Gasteiger partial charge in [-0.15, -0.1) is 11.3 Å². The van der Waals surface area contributed by atoms with Gasteiger partial charge in [-0.2, -0.15) is 0 Å². The van der Waals surface area contributed by atoms with Crippen molar-refractivity contribution in [2.45, 2.75) is 6.92 Å². The second-order valence-electron chi connectivity index (χ2n) is 5.05. The summed E-state index contributed by atoms with van der Waals surface area (Å²) in [6.45, 7) is 2.54. The van der Waals surface area contributed by atoms with Crippen LogP contribution in [-0.4, -0.2) is 17.6 Å². The van der Waals surface area contributed by atoms with E-state index in [1.54, 1.807) is 12.1 Å². The summed E-state index contributed by atoms with van der Waals surface area (Å²) in [6.07, 6.45) is 0. The van der Waals surface area contributed by atoms with Crippen LogP contribution in [0.3, 0.4) is 0 Å². The fraction of sp³-hybridized carbons (Fsp3) is 0.111. The first-order valence-corrected chi connectivity index (χ1v) is 8.55. The molecule has 7 heteroatoms. The zero-order valence-corrected chi connectivity index (χ0v) is 14.3. The van der Waals surface area contributed by atoms with E-state index >= 15 is 0 Å². The molecule has 0 aliphatic carbocycles. The Morgan fingerprint density at radius 1 is 1.16 bits per heavy atom. The Labute approximate surface area is 148 Å². The molecule has 25 heavy (non-hydrogen) atoms. The van der Waals surface area contributed by atoms with Crippen LogP contribution in [0.1, 0.15) is 6.92 Å². The van der Waals surface area contributed by atoms with E-state index in [0.717, 1.165) is 17.0 Å². The van der Waals surface area contributed by atoms with Gasteiger partial charge in [-0.1, -0.05) is 12.1 Å². The number of halogens is 1. The van der Waals surface area contributed by atoms with Crippen molar-refractivity contribution in [3.8, 4) is 17.0 Å². The highest BCUT2D eigenvalue weighted by Gasteiger charge is 2.10. The van der Waals surface area contributed by atoms with Gasteiger partial charge in [0.15, 0.2) is 5.13 Å². The highest BCUT2D eigenvalue weighted by Crippen LogP contribution is 2.26. The molecule has 0 aliphatic heterocycles. The van der Waals surface area contributed by atoms with Crippen molar-refractivity contribution < 1.29 is 13.9 Å². The van der Waals surface area contributed by atoms with Crippen LogP contribution < -0.4 is 15.4 Å². The molecule has 2 N–H and O–H groups in total. The van der Waals surface area contributed by atoms with Crippen LogP contribution in [0.2, 0.25) is 0 Å². The molecule has 0 bridgehead atoms. The Hall–Kier alpha value is -2.93. The topological polar surface area (TPSA) is 63.2 Å². The average molecular weight is 357 g/mol. The van der Waals surface area contributed by atoms with E-state index in [-0.39, 0.29) is 5.69 Å². The summed E-state index contributed by atoms with van der Waals surface area (Å²) in [7, 11) is 0. The molecule has 0 unspecified atom stereocenters. The molecule has 0 saturated carbocycles. The number of amides is 2. The number of nitrogens with zero attached hydrogens (tertiary/aromatic N) is 1. The number of benzene rings is 2. The predicted octanol–water partition coefficient (Wildman–Crippen LogP) is 4.99. The van der Waals surface area contributed by atoms with Gasteiger partial charge in [0.1, 0.15) is 11.6 Å². The fourth-order valence-corrected chi connectivity index (χ4v) is 2.88. The lowest BCUT2D eigenvalue weighted by atomic mass is 10.2. The molecule has 3 aromatic rings. The van der Waals surface area contributed by atoms with Crippen molar-refractivity contribution in [2.75, 3.05) is 17.2 Å². The van der Waals surface area contributed by atoms with E-state index in [9.17, 15) is 9.18 Å². The molecule has 0 spiro atoms. The van der Waals surface area contributed by atoms with Gasteiger partial charge in [-0.05, 0) is 43.3 Å². The molecule has 0 radical (unpaired) electrons. The quantitative estimate of drug-likeness (QED) is 0.676. The molecule has 128 valence electrons. The molecule has 2 amide bonds. The number of carbonyl (C=O) groups is 1. The van der Waals surface area contributed by atoms with Crippen molar-refractivity contribution in [3.05, 3.63) is 59.7 Å². The Bertz CT molecular complexity index is 865. The van der Waals surface area contributed by atoms with E-state index in [0.29, 0.717) is 11.7 Å². The Kier molecular flexibility index (Phi) is 5.25. The maximum absolute atomic E-state index is 13.5. The molecule has 0 saturated heterocycles. The fourth-order valence-electron chi connectivity index (χ4n) is 2.17. The van der Waals surface area contributed by atoms with Crippen LogP contribution in [0.4, 0.5) is 20.0 Å². The van der Waals surface area contributed by atoms with Crippen LogP contribution >= 0.6 is 11.3 Å². The highest BCUT2D eigenvalue weighted by atomic mass is 32.1. The molecular formula is C18H16FN3O2S. The average Bonchev–Trinajstić information content (AvgIpc) is 3.06. The van der Waals surface area contributed by atoms with Gasteiger partial charge >= 0.3 is 6.03 Å². The second-order valence-corrected chi connectivity index (χ2v) is 5.91. The van der Waals surface area contributed by atoms with Gasteiger partial charge in [0.25, 0.3) is 0 Å². The number of anilines is 2. The van der Waals surface area contributed by atoms with E-state index in [1.165, 1.54) is 23.5 Å². The smallest absolute Gasteiger partial charge is 0.325 e. The Morgan fingerprint density at radius 2 is 1.92 bits per heavy atom. The number of hydrogen-bond donors (Lipinski definition) is 2. The third-order valence-corrected chi connectivity index (χ3v) is 4.07. The predicted molar refractivity (Wildman–Crippen MR) is 97.8 cm³/mol. The minimum Gasteiger partial charge on any atom is -0.494 e. The lowest BCUT2D eigenvalue weighted by molar-refractivity contribution is 0.262. The molecule has 2 aromatic carbocycles.